The van der Waals surface area contributed by atoms with Crippen LogP contribution in [0.2, 0.25) is 0 Å². The number of aliphatic hydroxyl groups is 1. The highest BCUT2D eigenvalue weighted by atomic mass is 16.5. The van der Waals surface area contributed by atoms with Crippen LogP contribution in [0.4, 0.5) is 0 Å². The van der Waals surface area contributed by atoms with Crippen LogP contribution in [0.25, 0.3) is 6.08 Å². The Balaban J connectivity index is 1.55. The van der Waals surface area contributed by atoms with Gasteiger partial charge < -0.3 is 14.3 Å². The van der Waals surface area contributed by atoms with Gasteiger partial charge in [-0.05, 0) is 55.4 Å². The number of amides is 2. The summed E-state index contributed by atoms with van der Waals surface area (Å²) in [6.07, 6.45) is 6.52. The van der Waals surface area contributed by atoms with Crippen molar-refractivity contribution >= 4 is 17.9 Å². The molecule has 6 heteroatoms. The van der Waals surface area contributed by atoms with Gasteiger partial charge in [-0.3, -0.25) is 14.5 Å². The molecule has 2 amide bonds. The van der Waals surface area contributed by atoms with Crippen LogP contribution in [0.3, 0.4) is 0 Å². The number of hydrogen-bond donors (Lipinski definition) is 1. The minimum atomic E-state index is -0.263. The van der Waals surface area contributed by atoms with E-state index in [1.807, 2.05) is 6.07 Å². The molecule has 0 radical (unpaired) electrons. The van der Waals surface area contributed by atoms with E-state index in [0.717, 1.165) is 31.4 Å². The van der Waals surface area contributed by atoms with E-state index in [-0.39, 0.29) is 42.3 Å². The Labute approximate surface area is 190 Å². The van der Waals surface area contributed by atoms with Gasteiger partial charge in [0, 0.05) is 13.0 Å². The molecule has 0 bridgehead atoms. The molecule has 3 aliphatic rings. The van der Waals surface area contributed by atoms with Crippen LogP contribution in [0.15, 0.2) is 33.3 Å². The first-order valence-corrected chi connectivity index (χ1v) is 11.9. The van der Waals surface area contributed by atoms with E-state index in [2.05, 4.69) is 26.8 Å². The number of aliphatic hydroxyl groups excluding tert-OH is 1. The molecular weight excluding hydrogens is 406 g/mol. The maximum atomic E-state index is 12.8. The normalized spacial score (nSPS) is 28.2. The number of carbonyl (C=O) groups is 2. The second kappa shape index (κ2) is 9.36. The van der Waals surface area contributed by atoms with Crippen LogP contribution in [-0.2, 0) is 20.9 Å². The molecule has 2 saturated heterocycles. The van der Waals surface area contributed by atoms with E-state index in [0.29, 0.717) is 24.7 Å². The lowest BCUT2D eigenvalue weighted by atomic mass is 9.67. The van der Waals surface area contributed by atoms with E-state index in [1.54, 1.807) is 13.1 Å². The van der Waals surface area contributed by atoms with Gasteiger partial charge in [0.05, 0.1) is 24.5 Å². The summed E-state index contributed by atoms with van der Waals surface area (Å²) in [6, 6.07) is 3.69. The molecule has 6 nitrogen and oxygen atoms in total. The number of nitrogens with zero attached hydrogens (tertiary/aromatic N) is 1. The molecule has 174 valence electrons. The number of fused-ring (bicyclic) bond motifs is 3. The van der Waals surface area contributed by atoms with Gasteiger partial charge in [-0.15, -0.1) is 0 Å². The minimum Gasteiger partial charge on any atom is -0.459 e. The molecule has 4 rings (SSSR count). The second-order valence-electron chi connectivity index (χ2n) is 9.69. The van der Waals surface area contributed by atoms with Crippen LogP contribution in [0, 0.1) is 23.7 Å². The molecule has 1 N–H and O–H groups in total. The lowest BCUT2D eigenvalue weighted by Gasteiger charge is -2.33. The average molecular weight is 442 g/mol. The SMILES string of the molecule is CCC/C(=C\c1ccc(CO)o1)CC[C@H]1OC[C@H]2C1=C(C(C)C)C[C@H]1C(=O)N(C)C(=O)[C@H]12. The molecule has 1 aromatic heterocycles. The van der Waals surface area contributed by atoms with Gasteiger partial charge in [0.2, 0.25) is 11.8 Å². The van der Waals surface area contributed by atoms with Crippen molar-refractivity contribution < 1.29 is 23.8 Å². The van der Waals surface area contributed by atoms with Crippen molar-refractivity contribution in [3.63, 3.8) is 0 Å². The highest BCUT2D eigenvalue weighted by molar-refractivity contribution is 6.05. The summed E-state index contributed by atoms with van der Waals surface area (Å²) in [5.41, 5.74) is 3.90. The van der Waals surface area contributed by atoms with Gasteiger partial charge in [-0.25, -0.2) is 0 Å². The van der Waals surface area contributed by atoms with E-state index in [4.69, 9.17) is 9.15 Å². The zero-order chi connectivity index (χ0) is 23.0. The highest BCUT2D eigenvalue weighted by Crippen LogP contribution is 2.51. The third kappa shape index (κ3) is 4.11. The monoisotopic (exact) mass is 441 g/mol. The summed E-state index contributed by atoms with van der Waals surface area (Å²) < 4.78 is 11.9. The topological polar surface area (TPSA) is 80.0 Å². The fourth-order valence-electron chi connectivity index (χ4n) is 5.78. The van der Waals surface area contributed by atoms with Crippen molar-refractivity contribution in [2.75, 3.05) is 13.7 Å². The molecule has 0 aromatic carbocycles. The lowest BCUT2D eigenvalue weighted by Crippen LogP contribution is -2.34. The molecule has 2 aliphatic heterocycles. The average Bonchev–Trinajstić information content (AvgIpc) is 3.46. The Morgan fingerprint density at radius 1 is 1.22 bits per heavy atom. The van der Waals surface area contributed by atoms with Gasteiger partial charge in [0.15, 0.2) is 0 Å². The molecule has 4 atom stereocenters. The number of likely N-dealkylation sites (tertiary alicyclic amines) is 1. The zero-order valence-electron chi connectivity index (χ0n) is 19.6. The number of carbonyl (C=O) groups excluding carboxylic acids is 2. The van der Waals surface area contributed by atoms with Crippen LogP contribution >= 0.6 is 0 Å². The summed E-state index contributed by atoms with van der Waals surface area (Å²) in [5, 5.41) is 9.25. The Bertz CT molecular complexity index is 940. The maximum absolute atomic E-state index is 12.8. The Morgan fingerprint density at radius 2 is 2.00 bits per heavy atom. The van der Waals surface area contributed by atoms with Gasteiger partial charge in [-0.2, -0.15) is 0 Å². The predicted octanol–water partition coefficient (Wildman–Crippen LogP) is 4.34. The molecule has 32 heavy (non-hydrogen) atoms. The Morgan fingerprint density at radius 3 is 2.66 bits per heavy atom. The van der Waals surface area contributed by atoms with Crippen molar-refractivity contribution in [3.05, 3.63) is 40.4 Å². The molecule has 3 heterocycles. The van der Waals surface area contributed by atoms with E-state index in [9.17, 15) is 14.7 Å². The van der Waals surface area contributed by atoms with Gasteiger partial charge in [0.1, 0.15) is 18.1 Å². The summed E-state index contributed by atoms with van der Waals surface area (Å²) in [5.74, 6) is 1.12. The largest absolute Gasteiger partial charge is 0.459 e. The standard InChI is InChI=1S/C26H35NO5/c1-5-6-16(11-17-8-9-18(13-28)32-17)7-10-22-23-19(15(2)3)12-20-24(21(23)14-31-22)26(30)27(4)25(20)29/h8-9,11,15,20-22,24,28H,5-7,10,12-14H2,1-4H3/b16-11+/t20-,21+,22-,24-/m1/s1. The molecule has 0 saturated carbocycles. The quantitative estimate of drug-likeness (QED) is 0.480. The Kier molecular flexibility index (Phi) is 6.72. The molecule has 0 unspecified atom stereocenters. The van der Waals surface area contributed by atoms with E-state index >= 15 is 0 Å². The molecule has 1 aliphatic carbocycles. The molecule has 0 spiro atoms. The van der Waals surface area contributed by atoms with Gasteiger partial charge in [-0.1, -0.05) is 38.3 Å². The lowest BCUT2D eigenvalue weighted by molar-refractivity contribution is -0.138. The smallest absolute Gasteiger partial charge is 0.233 e. The highest BCUT2D eigenvalue weighted by Gasteiger charge is 2.56. The van der Waals surface area contributed by atoms with Crippen molar-refractivity contribution in [1.29, 1.82) is 0 Å². The van der Waals surface area contributed by atoms with E-state index in [1.165, 1.54) is 21.6 Å². The third-order valence-corrected chi connectivity index (χ3v) is 7.34. The van der Waals surface area contributed by atoms with Gasteiger partial charge >= 0.3 is 0 Å². The first-order valence-electron chi connectivity index (χ1n) is 11.9. The summed E-state index contributed by atoms with van der Waals surface area (Å²) in [6.45, 7) is 6.95. The number of furan rings is 1. The summed E-state index contributed by atoms with van der Waals surface area (Å²) in [4.78, 5) is 26.9. The number of ether oxygens (including phenoxy) is 1. The maximum Gasteiger partial charge on any atom is 0.233 e. The van der Waals surface area contributed by atoms with Crippen LogP contribution < -0.4 is 0 Å². The van der Waals surface area contributed by atoms with Gasteiger partial charge in [0.25, 0.3) is 0 Å². The Hall–Kier alpha value is -2.18. The predicted molar refractivity (Wildman–Crippen MR) is 121 cm³/mol. The molecule has 2 fully saturated rings. The third-order valence-electron chi connectivity index (χ3n) is 7.34. The van der Waals surface area contributed by atoms with Crippen molar-refractivity contribution in [2.24, 2.45) is 23.7 Å². The van der Waals surface area contributed by atoms with E-state index < -0.39 is 0 Å². The summed E-state index contributed by atoms with van der Waals surface area (Å²) >= 11 is 0. The summed E-state index contributed by atoms with van der Waals surface area (Å²) in [7, 11) is 1.61. The number of rotatable bonds is 8. The zero-order valence-corrected chi connectivity index (χ0v) is 19.6. The number of allylic oxidation sites excluding steroid dienone is 2. The number of imide groups is 1. The van der Waals surface area contributed by atoms with Crippen LogP contribution in [0.1, 0.15) is 64.4 Å². The first kappa shape index (κ1) is 23.0. The minimum absolute atomic E-state index is 0.00276. The van der Waals surface area contributed by atoms with Crippen molar-refractivity contribution in [1.82, 2.24) is 4.90 Å². The van der Waals surface area contributed by atoms with Crippen molar-refractivity contribution in [3.8, 4) is 0 Å². The first-order chi connectivity index (χ1) is 15.3. The van der Waals surface area contributed by atoms with Crippen LogP contribution in [-0.4, -0.2) is 41.6 Å². The second-order valence-corrected chi connectivity index (χ2v) is 9.69. The fourth-order valence-corrected chi connectivity index (χ4v) is 5.78. The fraction of sp³-hybridized carbons (Fsp3) is 0.615. The molecular formula is C26H35NO5. The number of hydrogen-bond acceptors (Lipinski definition) is 5. The molecule has 1 aromatic rings. The van der Waals surface area contributed by atoms with Crippen molar-refractivity contribution in [2.45, 2.75) is 65.6 Å². The van der Waals surface area contributed by atoms with Crippen LogP contribution in [0.5, 0.6) is 0 Å².